The summed E-state index contributed by atoms with van der Waals surface area (Å²) in [6.45, 7) is 5.63. The van der Waals surface area contributed by atoms with Gasteiger partial charge in [0.1, 0.15) is 17.7 Å². The molecule has 3 N–H and O–H groups in total. The summed E-state index contributed by atoms with van der Waals surface area (Å²) in [4.78, 5) is 23.9. The number of hydrogen-bond acceptors (Lipinski definition) is 4. The molecule has 148 valence electrons. The Hall–Kier alpha value is -2.03. The summed E-state index contributed by atoms with van der Waals surface area (Å²) in [7, 11) is 0. The van der Waals surface area contributed by atoms with Crippen molar-refractivity contribution in [2.75, 3.05) is 0 Å². The van der Waals surface area contributed by atoms with Crippen molar-refractivity contribution in [1.82, 2.24) is 10.6 Å². The normalized spacial score (nSPS) is 34.0. The predicted molar refractivity (Wildman–Crippen MR) is 101 cm³/mol. The highest BCUT2D eigenvalue weighted by Crippen LogP contribution is 2.61. The summed E-state index contributed by atoms with van der Waals surface area (Å²) in [6.07, 6.45) is 8.83. The predicted octanol–water partition coefficient (Wildman–Crippen LogP) is 2.81. The Morgan fingerprint density at radius 2 is 1.63 bits per heavy atom. The minimum atomic E-state index is -0.999. The van der Waals surface area contributed by atoms with E-state index in [4.69, 9.17) is 0 Å². The maximum atomic E-state index is 12.6. The van der Waals surface area contributed by atoms with Crippen molar-refractivity contribution >= 4 is 11.9 Å². The second kappa shape index (κ2) is 7.53. The number of aliphatic carboxylic acids is 1. The average Bonchev–Trinajstić information content (AvgIpc) is 2.56. The van der Waals surface area contributed by atoms with Crippen LogP contribution in [0.3, 0.4) is 0 Å². The molecule has 27 heavy (non-hydrogen) atoms. The van der Waals surface area contributed by atoms with Crippen LogP contribution in [-0.2, 0) is 9.59 Å². The van der Waals surface area contributed by atoms with Crippen molar-refractivity contribution < 1.29 is 14.7 Å². The number of carboxylic acid groups (broad SMARTS) is 1. The van der Waals surface area contributed by atoms with Crippen LogP contribution in [0.4, 0.5) is 0 Å². The van der Waals surface area contributed by atoms with Gasteiger partial charge in [-0.1, -0.05) is 13.8 Å². The fraction of sp³-hybridized carbons (Fsp3) is 0.762. The highest BCUT2D eigenvalue weighted by molar-refractivity contribution is 5.97. The Kier molecular flexibility index (Phi) is 5.50. The van der Waals surface area contributed by atoms with Gasteiger partial charge < -0.3 is 15.7 Å². The van der Waals surface area contributed by atoms with E-state index in [0.717, 1.165) is 17.8 Å². The number of hydrogen-bond donors (Lipinski definition) is 3. The van der Waals surface area contributed by atoms with E-state index in [2.05, 4.69) is 17.6 Å². The molecule has 0 aromatic rings. The fourth-order valence-corrected chi connectivity index (χ4v) is 6.01. The van der Waals surface area contributed by atoms with Crippen LogP contribution in [0.2, 0.25) is 0 Å². The van der Waals surface area contributed by atoms with Gasteiger partial charge >= 0.3 is 5.97 Å². The number of amides is 1. The smallest absolute Gasteiger partial charge is 0.326 e. The first kappa shape index (κ1) is 19.7. The number of nitriles is 1. The minimum absolute atomic E-state index is 0.0236. The van der Waals surface area contributed by atoms with Gasteiger partial charge in [0.15, 0.2) is 0 Å². The lowest BCUT2D eigenvalue weighted by atomic mass is 9.48. The van der Waals surface area contributed by atoms with Crippen LogP contribution in [0, 0.1) is 40.4 Å². The molecule has 1 amide bonds. The molecule has 2 unspecified atom stereocenters. The summed E-state index contributed by atoms with van der Waals surface area (Å²) < 4.78 is 0. The molecule has 0 aliphatic heterocycles. The summed E-state index contributed by atoms with van der Waals surface area (Å²) in [6, 6.07) is 1.10. The SMILES string of the molecule is CC(C)C(N/C=C(/C#N)C(=O)NC(C)C12CC3CC(CC(C3)C1)C2)C(=O)O. The van der Waals surface area contributed by atoms with Gasteiger partial charge in [-0.15, -0.1) is 0 Å². The number of rotatable bonds is 7. The largest absolute Gasteiger partial charge is 0.480 e. The molecule has 4 fully saturated rings. The number of carbonyl (C=O) groups is 2. The molecule has 2 atom stereocenters. The summed E-state index contributed by atoms with van der Waals surface area (Å²) >= 11 is 0. The van der Waals surface area contributed by atoms with E-state index < -0.39 is 17.9 Å². The molecule has 4 aliphatic carbocycles. The fourth-order valence-electron chi connectivity index (χ4n) is 6.01. The first-order valence-corrected chi connectivity index (χ1v) is 10.1. The molecule has 0 heterocycles. The van der Waals surface area contributed by atoms with Crippen molar-refractivity contribution in [3.05, 3.63) is 11.8 Å². The summed E-state index contributed by atoms with van der Waals surface area (Å²) in [5.74, 6) is 0.816. The lowest BCUT2D eigenvalue weighted by molar-refractivity contribution is -0.140. The van der Waals surface area contributed by atoms with Gasteiger partial charge in [-0.2, -0.15) is 5.26 Å². The van der Waals surface area contributed by atoms with Crippen molar-refractivity contribution in [2.45, 2.75) is 71.4 Å². The molecule has 0 aromatic carbocycles. The summed E-state index contributed by atoms with van der Waals surface area (Å²) in [5.41, 5.74) is 0.0958. The Labute approximate surface area is 161 Å². The van der Waals surface area contributed by atoms with Gasteiger partial charge in [-0.3, -0.25) is 4.79 Å². The lowest BCUT2D eigenvalue weighted by Crippen LogP contribution is -2.56. The van der Waals surface area contributed by atoms with Gasteiger partial charge in [0.25, 0.3) is 5.91 Å². The van der Waals surface area contributed by atoms with E-state index in [1.807, 2.05) is 6.07 Å². The molecule has 0 aromatic heterocycles. The van der Waals surface area contributed by atoms with Crippen LogP contribution < -0.4 is 10.6 Å². The number of carbonyl (C=O) groups excluding carboxylic acids is 1. The van der Waals surface area contributed by atoms with Crippen molar-refractivity contribution in [3.63, 3.8) is 0 Å². The number of nitrogens with one attached hydrogen (secondary N) is 2. The average molecular weight is 373 g/mol. The van der Waals surface area contributed by atoms with Crippen LogP contribution in [-0.4, -0.2) is 29.1 Å². The topological polar surface area (TPSA) is 102 Å². The van der Waals surface area contributed by atoms with Gasteiger partial charge in [0, 0.05) is 12.2 Å². The number of carboxylic acids is 1. The van der Waals surface area contributed by atoms with E-state index >= 15 is 0 Å². The molecule has 0 saturated heterocycles. The molecule has 6 nitrogen and oxygen atoms in total. The first-order chi connectivity index (χ1) is 12.7. The zero-order valence-electron chi connectivity index (χ0n) is 16.5. The van der Waals surface area contributed by atoms with Gasteiger partial charge in [-0.05, 0) is 74.5 Å². The second-order valence-electron chi connectivity index (χ2n) is 9.37. The third-order valence-corrected chi connectivity index (χ3v) is 7.06. The molecule has 6 heteroatoms. The Morgan fingerprint density at radius 3 is 2.04 bits per heavy atom. The molecule has 4 bridgehead atoms. The van der Waals surface area contributed by atoms with Gasteiger partial charge in [-0.25, -0.2) is 4.79 Å². The molecule has 4 saturated carbocycles. The zero-order chi connectivity index (χ0) is 19.8. The maximum Gasteiger partial charge on any atom is 0.326 e. The monoisotopic (exact) mass is 373 g/mol. The van der Waals surface area contributed by atoms with E-state index in [-0.39, 0.29) is 22.9 Å². The third-order valence-electron chi connectivity index (χ3n) is 7.06. The third kappa shape index (κ3) is 3.97. The Morgan fingerprint density at radius 1 is 1.11 bits per heavy atom. The van der Waals surface area contributed by atoms with Gasteiger partial charge in [0.2, 0.25) is 0 Å². The van der Waals surface area contributed by atoms with Crippen LogP contribution in [0.5, 0.6) is 0 Å². The maximum absolute atomic E-state index is 12.6. The lowest BCUT2D eigenvalue weighted by Gasteiger charge is -2.59. The van der Waals surface area contributed by atoms with E-state index in [0.29, 0.717) is 0 Å². The van der Waals surface area contributed by atoms with Crippen molar-refractivity contribution in [2.24, 2.45) is 29.1 Å². The van der Waals surface area contributed by atoms with Crippen molar-refractivity contribution in [1.29, 1.82) is 5.26 Å². The van der Waals surface area contributed by atoms with E-state index in [1.165, 1.54) is 44.7 Å². The first-order valence-electron chi connectivity index (χ1n) is 10.1. The zero-order valence-corrected chi connectivity index (χ0v) is 16.5. The van der Waals surface area contributed by atoms with Crippen LogP contribution in [0.25, 0.3) is 0 Å². The molecule has 4 rings (SSSR count). The molecule has 0 spiro atoms. The molecular weight excluding hydrogens is 342 g/mol. The standard InChI is InChI=1S/C21H31N3O3/c1-12(2)18(20(26)27)23-11-17(10-22)19(25)24-13(3)21-7-14-4-15(8-21)6-16(5-14)9-21/h11-16,18,23H,4-9H2,1-3H3,(H,24,25)(H,26,27)/b17-11-. The van der Waals surface area contributed by atoms with Gasteiger partial charge in [0.05, 0.1) is 0 Å². The van der Waals surface area contributed by atoms with Crippen LogP contribution in [0.1, 0.15) is 59.3 Å². The van der Waals surface area contributed by atoms with E-state index in [1.54, 1.807) is 13.8 Å². The van der Waals surface area contributed by atoms with Crippen LogP contribution >= 0.6 is 0 Å². The molecule has 0 radical (unpaired) electrons. The molecular formula is C21H31N3O3. The Balaban J connectivity index is 1.65. The molecule has 4 aliphatic rings. The quantitative estimate of drug-likeness (QED) is 0.470. The van der Waals surface area contributed by atoms with Crippen molar-refractivity contribution in [3.8, 4) is 6.07 Å². The minimum Gasteiger partial charge on any atom is -0.480 e. The highest BCUT2D eigenvalue weighted by Gasteiger charge is 2.53. The second-order valence-corrected chi connectivity index (χ2v) is 9.37. The number of nitrogens with zero attached hydrogens (tertiary/aromatic N) is 1. The van der Waals surface area contributed by atoms with E-state index in [9.17, 15) is 20.0 Å². The van der Waals surface area contributed by atoms with Crippen LogP contribution in [0.15, 0.2) is 11.8 Å². The highest BCUT2D eigenvalue weighted by atomic mass is 16.4. The Bertz CT molecular complexity index is 641. The summed E-state index contributed by atoms with van der Waals surface area (Å²) in [5, 5.41) is 24.4.